The van der Waals surface area contributed by atoms with E-state index in [9.17, 15) is 27.2 Å². The highest BCUT2D eigenvalue weighted by atomic mass is 79.9. The number of anilines is 1. The summed E-state index contributed by atoms with van der Waals surface area (Å²) in [6.07, 6.45) is -0.197. The van der Waals surface area contributed by atoms with Crippen LogP contribution in [0, 0.1) is 23.3 Å². The Bertz CT molecular complexity index is 848. The van der Waals surface area contributed by atoms with Crippen LogP contribution in [0.3, 0.4) is 0 Å². The third-order valence-electron chi connectivity index (χ3n) is 3.18. The minimum atomic E-state index is -1.67. The van der Waals surface area contributed by atoms with E-state index >= 15 is 0 Å². The standard InChI is InChI=1S/C16H12BrF4N3O2/c17-10-2-1-8(18)7-9(10)16(26)22-6-5-13(25)24-23-12-4-3-11(19)14(20)15(12)21/h1-4,7,23H,5-6H2,(H,22,26)(H,24,25). The lowest BCUT2D eigenvalue weighted by Gasteiger charge is -2.10. The van der Waals surface area contributed by atoms with Crippen LogP contribution in [-0.2, 0) is 4.79 Å². The van der Waals surface area contributed by atoms with Gasteiger partial charge in [-0.3, -0.25) is 20.4 Å². The van der Waals surface area contributed by atoms with E-state index in [2.05, 4.69) is 32.1 Å². The Morgan fingerprint density at radius 3 is 2.46 bits per heavy atom. The Hall–Kier alpha value is -2.62. The topological polar surface area (TPSA) is 70.2 Å². The fourth-order valence-electron chi connectivity index (χ4n) is 1.88. The number of carbonyl (C=O) groups is 2. The van der Waals surface area contributed by atoms with Crippen LogP contribution in [0.2, 0.25) is 0 Å². The molecule has 0 spiro atoms. The zero-order valence-electron chi connectivity index (χ0n) is 13.0. The predicted molar refractivity (Wildman–Crippen MR) is 89.1 cm³/mol. The van der Waals surface area contributed by atoms with Crippen molar-refractivity contribution < 1.29 is 27.2 Å². The molecule has 138 valence electrons. The van der Waals surface area contributed by atoms with Crippen molar-refractivity contribution in [3.05, 3.63) is 63.6 Å². The van der Waals surface area contributed by atoms with E-state index in [1.54, 1.807) is 0 Å². The Morgan fingerprint density at radius 1 is 1.00 bits per heavy atom. The van der Waals surface area contributed by atoms with Crippen LogP contribution in [0.15, 0.2) is 34.8 Å². The molecule has 2 rings (SSSR count). The quantitative estimate of drug-likeness (QED) is 0.372. The lowest BCUT2D eigenvalue weighted by atomic mass is 10.2. The van der Waals surface area contributed by atoms with Gasteiger partial charge in [0.1, 0.15) is 5.82 Å². The highest BCUT2D eigenvalue weighted by Gasteiger charge is 2.14. The molecular weight excluding hydrogens is 422 g/mol. The highest BCUT2D eigenvalue weighted by Crippen LogP contribution is 2.19. The third-order valence-corrected chi connectivity index (χ3v) is 3.87. The van der Waals surface area contributed by atoms with Gasteiger partial charge in [0, 0.05) is 17.4 Å². The smallest absolute Gasteiger partial charge is 0.252 e. The molecule has 3 N–H and O–H groups in total. The number of rotatable bonds is 6. The number of benzene rings is 2. The van der Waals surface area contributed by atoms with E-state index in [0.29, 0.717) is 10.5 Å². The second-order valence-corrected chi connectivity index (χ2v) is 5.88. The molecule has 5 nitrogen and oxygen atoms in total. The number of hydrogen-bond donors (Lipinski definition) is 3. The maximum absolute atomic E-state index is 13.4. The van der Waals surface area contributed by atoms with Crippen LogP contribution in [0.1, 0.15) is 16.8 Å². The van der Waals surface area contributed by atoms with Gasteiger partial charge in [-0.1, -0.05) is 0 Å². The van der Waals surface area contributed by atoms with Gasteiger partial charge in [-0.15, -0.1) is 0 Å². The molecule has 0 aliphatic carbocycles. The molecular formula is C16H12BrF4N3O2. The number of hydrazine groups is 1. The summed E-state index contributed by atoms with van der Waals surface area (Å²) in [6.45, 7) is -0.0877. The molecule has 0 saturated carbocycles. The predicted octanol–water partition coefficient (Wildman–Crippen LogP) is 3.27. The van der Waals surface area contributed by atoms with Gasteiger partial charge < -0.3 is 5.32 Å². The van der Waals surface area contributed by atoms with Crippen molar-refractivity contribution in [3.8, 4) is 0 Å². The lowest BCUT2D eigenvalue weighted by Crippen LogP contribution is -2.34. The Morgan fingerprint density at radius 2 is 1.73 bits per heavy atom. The number of hydrogen-bond acceptors (Lipinski definition) is 3. The van der Waals surface area contributed by atoms with Crippen LogP contribution in [0.5, 0.6) is 0 Å². The molecule has 0 unspecified atom stereocenters. The molecule has 10 heteroatoms. The van der Waals surface area contributed by atoms with Gasteiger partial charge in [-0.05, 0) is 46.3 Å². The van der Waals surface area contributed by atoms with Gasteiger partial charge in [-0.25, -0.2) is 17.6 Å². The molecule has 2 aromatic rings. The maximum atomic E-state index is 13.4. The number of carbonyl (C=O) groups excluding carboxylic acids is 2. The van der Waals surface area contributed by atoms with E-state index < -0.39 is 40.8 Å². The Balaban J connectivity index is 1.81. The van der Waals surface area contributed by atoms with Gasteiger partial charge in [0.05, 0.1) is 11.3 Å². The number of amides is 2. The first-order chi connectivity index (χ1) is 12.3. The second kappa shape index (κ2) is 8.65. The SMILES string of the molecule is O=C(CCNC(=O)c1cc(F)ccc1Br)NNc1ccc(F)c(F)c1F. The lowest BCUT2D eigenvalue weighted by molar-refractivity contribution is -0.120. The fraction of sp³-hybridized carbons (Fsp3) is 0.125. The maximum Gasteiger partial charge on any atom is 0.252 e. The highest BCUT2D eigenvalue weighted by molar-refractivity contribution is 9.10. The number of halogens is 5. The van der Waals surface area contributed by atoms with E-state index in [-0.39, 0.29) is 18.5 Å². The van der Waals surface area contributed by atoms with Gasteiger partial charge in [-0.2, -0.15) is 0 Å². The third kappa shape index (κ3) is 4.94. The summed E-state index contributed by atoms with van der Waals surface area (Å²) in [5, 5.41) is 2.42. The van der Waals surface area contributed by atoms with Crippen LogP contribution < -0.4 is 16.2 Å². The molecule has 0 aromatic heterocycles. The first-order valence-corrected chi connectivity index (χ1v) is 8.00. The second-order valence-electron chi connectivity index (χ2n) is 5.03. The molecule has 26 heavy (non-hydrogen) atoms. The summed E-state index contributed by atoms with van der Waals surface area (Å²) in [4.78, 5) is 23.5. The monoisotopic (exact) mass is 433 g/mol. The summed E-state index contributed by atoms with van der Waals surface area (Å²) in [5.41, 5.74) is 3.81. The van der Waals surface area contributed by atoms with Gasteiger partial charge >= 0.3 is 0 Å². The molecule has 0 heterocycles. The van der Waals surface area contributed by atoms with Gasteiger partial charge in [0.25, 0.3) is 5.91 Å². The first kappa shape index (κ1) is 19.7. The summed E-state index contributed by atoms with van der Waals surface area (Å²) >= 11 is 3.11. The van der Waals surface area contributed by atoms with Crippen molar-refractivity contribution in [2.75, 3.05) is 12.0 Å². The van der Waals surface area contributed by atoms with E-state index in [4.69, 9.17) is 0 Å². The average molecular weight is 434 g/mol. The molecule has 2 aromatic carbocycles. The minimum absolute atomic E-state index is 0.0624. The molecule has 2 amide bonds. The molecule has 0 radical (unpaired) electrons. The molecule has 0 atom stereocenters. The van der Waals surface area contributed by atoms with Gasteiger partial charge in [0.15, 0.2) is 17.5 Å². The Labute approximate surface area is 153 Å². The largest absolute Gasteiger partial charge is 0.351 e. The van der Waals surface area contributed by atoms with Crippen LogP contribution in [0.4, 0.5) is 23.2 Å². The summed E-state index contributed by atoms with van der Waals surface area (Å²) in [6, 6.07) is 5.20. The fourth-order valence-corrected chi connectivity index (χ4v) is 2.30. The number of nitrogens with one attached hydrogen (secondary N) is 3. The molecule has 0 aliphatic rings. The Kier molecular flexibility index (Phi) is 6.56. The van der Waals surface area contributed by atoms with E-state index in [0.717, 1.165) is 12.1 Å². The van der Waals surface area contributed by atoms with Crippen LogP contribution >= 0.6 is 15.9 Å². The minimum Gasteiger partial charge on any atom is -0.351 e. The zero-order chi connectivity index (χ0) is 19.3. The molecule has 0 bridgehead atoms. The molecule has 0 fully saturated rings. The van der Waals surface area contributed by atoms with Crippen molar-refractivity contribution in [1.29, 1.82) is 0 Å². The van der Waals surface area contributed by atoms with E-state index in [1.165, 1.54) is 12.1 Å². The van der Waals surface area contributed by atoms with Crippen molar-refractivity contribution in [1.82, 2.24) is 10.7 Å². The normalized spacial score (nSPS) is 10.3. The first-order valence-electron chi connectivity index (χ1n) is 7.21. The van der Waals surface area contributed by atoms with Crippen LogP contribution in [-0.4, -0.2) is 18.4 Å². The summed E-state index contributed by atoms with van der Waals surface area (Å²) < 4.78 is 52.8. The zero-order valence-corrected chi connectivity index (χ0v) is 14.6. The summed E-state index contributed by atoms with van der Waals surface area (Å²) in [7, 11) is 0. The van der Waals surface area contributed by atoms with Crippen molar-refractivity contribution in [2.24, 2.45) is 0 Å². The van der Waals surface area contributed by atoms with E-state index in [1.807, 2.05) is 0 Å². The van der Waals surface area contributed by atoms with Crippen molar-refractivity contribution in [2.45, 2.75) is 6.42 Å². The van der Waals surface area contributed by atoms with Crippen LogP contribution in [0.25, 0.3) is 0 Å². The molecule has 0 aliphatic heterocycles. The van der Waals surface area contributed by atoms with Crippen molar-refractivity contribution in [3.63, 3.8) is 0 Å². The van der Waals surface area contributed by atoms with Crippen molar-refractivity contribution >= 4 is 33.4 Å². The van der Waals surface area contributed by atoms with Gasteiger partial charge in [0.2, 0.25) is 5.91 Å². The molecule has 0 saturated heterocycles. The summed E-state index contributed by atoms with van der Waals surface area (Å²) in [5.74, 6) is -6.33. The average Bonchev–Trinajstić information content (AvgIpc) is 2.61.